The summed E-state index contributed by atoms with van der Waals surface area (Å²) in [6.45, 7) is 7.55. The van der Waals surface area contributed by atoms with E-state index in [2.05, 4.69) is 0 Å². The van der Waals surface area contributed by atoms with Crippen LogP contribution in [0.25, 0.3) is 0 Å². The van der Waals surface area contributed by atoms with E-state index in [1.807, 2.05) is 49.9 Å². The molecular weight excluding hydrogens is 292 g/mol. The van der Waals surface area contributed by atoms with Crippen LogP contribution in [0.4, 0.5) is 10.5 Å². The number of fused-ring (bicyclic) bond motifs is 1. The first-order valence-corrected chi connectivity index (χ1v) is 8.21. The fourth-order valence-corrected chi connectivity index (χ4v) is 3.32. The molecule has 124 valence electrons. The zero-order valence-corrected chi connectivity index (χ0v) is 14.0. The van der Waals surface area contributed by atoms with Gasteiger partial charge in [-0.15, -0.1) is 0 Å². The van der Waals surface area contributed by atoms with Gasteiger partial charge in [0, 0.05) is 30.1 Å². The van der Waals surface area contributed by atoms with Crippen LogP contribution in [-0.2, 0) is 16.1 Å². The molecule has 0 N–H and O–H groups in total. The minimum absolute atomic E-state index is 0.0907. The minimum Gasteiger partial charge on any atom is -0.444 e. The van der Waals surface area contributed by atoms with E-state index in [0.29, 0.717) is 19.7 Å². The van der Waals surface area contributed by atoms with Crippen LogP contribution >= 0.6 is 0 Å². The summed E-state index contributed by atoms with van der Waals surface area (Å²) in [7, 11) is 0. The van der Waals surface area contributed by atoms with Gasteiger partial charge in [-0.3, -0.25) is 9.69 Å². The molecule has 0 spiro atoms. The number of hydrogen-bond donors (Lipinski definition) is 0. The summed E-state index contributed by atoms with van der Waals surface area (Å²) in [4.78, 5) is 28.3. The van der Waals surface area contributed by atoms with Crippen molar-refractivity contribution >= 4 is 17.7 Å². The quantitative estimate of drug-likeness (QED) is 0.799. The molecule has 3 rings (SSSR count). The number of rotatable bonds is 1. The van der Waals surface area contributed by atoms with Crippen LogP contribution in [0.1, 0.15) is 39.2 Å². The molecule has 2 aliphatic heterocycles. The number of ether oxygens (including phenoxy) is 1. The Morgan fingerprint density at radius 1 is 1.17 bits per heavy atom. The highest BCUT2D eigenvalue weighted by Gasteiger charge is 2.36. The van der Waals surface area contributed by atoms with Crippen LogP contribution < -0.4 is 4.90 Å². The van der Waals surface area contributed by atoms with Gasteiger partial charge in [-0.2, -0.15) is 0 Å². The summed E-state index contributed by atoms with van der Waals surface area (Å²) in [6.07, 6.45) is 1.29. The molecule has 0 unspecified atom stereocenters. The number of para-hydroxylation sites is 1. The van der Waals surface area contributed by atoms with Gasteiger partial charge in [-0.1, -0.05) is 39.0 Å². The van der Waals surface area contributed by atoms with Gasteiger partial charge < -0.3 is 9.64 Å². The van der Waals surface area contributed by atoms with Crippen molar-refractivity contribution in [1.29, 1.82) is 0 Å². The highest BCUT2D eigenvalue weighted by atomic mass is 16.6. The summed E-state index contributed by atoms with van der Waals surface area (Å²) >= 11 is 0. The predicted molar refractivity (Wildman–Crippen MR) is 88.2 cm³/mol. The number of nitrogens with zero attached hydrogens (tertiary/aromatic N) is 2. The lowest BCUT2D eigenvalue weighted by Gasteiger charge is -2.41. The van der Waals surface area contributed by atoms with Crippen molar-refractivity contribution in [2.24, 2.45) is 5.41 Å². The van der Waals surface area contributed by atoms with E-state index in [1.165, 1.54) is 0 Å². The number of carbonyl (C=O) groups is 2. The molecule has 2 heterocycles. The van der Waals surface area contributed by atoms with Crippen LogP contribution in [0.5, 0.6) is 0 Å². The third-order valence-corrected chi connectivity index (χ3v) is 4.56. The lowest BCUT2D eigenvalue weighted by Crippen LogP contribution is -2.52. The van der Waals surface area contributed by atoms with Crippen LogP contribution in [0.3, 0.4) is 0 Å². The Labute approximate surface area is 137 Å². The van der Waals surface area contributed by atoms with E-state index >= 15 is 0 Å². The lowest BCUT2D eigenvalue weighted by atomic mass is 9.92. The SMILES string of the molecule is CC(C)(C)C(=O)N1CCC(N2C(=O)OCc3ccccc32)CC1. The molecule has 0 bridgehead atoms. The second-order valence-electron chi connectivity index (χ2n) is 7.33. The molecule has 5 heteroatoms. The largest absolute Gasteiger partial charge is 0.444 e. The van der Waals surface area contributed by atoms with Crippen molar-refractivity contribution in [1.82, 2.24) is 4.90 Å². The van der Waals surface area contributed by atoms with Gasteiger partial charge in [-0.05, 0) is 18.9 Å². The maximum atomic E-state index is 12.4. The maximum absolute atomic E-state index is 12.4. The molecule has 0 aliphatic carbocycles. The van der Waals surface area contributed by atoms with E-state index < -0.39 is 0 Å². The molecule has 2 amide bonds. The molecule has 1 saturated heterocycles. The van der Waals surface area contributed by atoms with Gasteiger partial charge in [0.15, 0.2) is 0 Å². The topological polar surface area (TPSA) is 49.9 Å². The molecule has 0 aromatic heterocycles. The molecule has 5 nitrogen and oxygen atoms in total. The van der Waals surface area contributed by atoms with Crippen LogP contribution in [-0.4, -0.2) is 36.0 Å². The first kappa shape index (κ1) is 15.8. The highest BCUT2D eigenvalue weighted by Crippen LogP contribution is 2.32. The van der Waals surface area contributed by atoms with Gasteiger partial charge in [0.05, 0.1) is 5.69 Å². The van der Waals surface area contributed by atoms with E-state index in [-0.39, 0.29) is 23.5 Å². The molecule has 0 radical (unpaired) electrons. The van der Waals surface area contributed by atoms with Crippen molar-refractivity contribution in [2.45, 2.75) is 46.3 Å². The van der Waals surface area contributed by atoms with E-state index in [1.54, 1.807) is 4.90 Å². The molecule has 23 heavy (non-hydrogen) atoms. The highest BCUT2D eigenvalue weighted by molar-refractivity contribution is 5.91. The lowest BCUT2D eigenvalue weighted by molar-refractivity contribution is -0.140. The fourth-order valence-electron chi connectivity index (χ4n) is 3.32. The Hall–Kier alpha value is -2.04. The van der Waals surface area contributed by atoms with Crippen molar-refractivity contribution in [3.63, 3.8) is 0 Å². The van der Waals surface area contributed by atoms with Crippen LogP contribution in [0, 0.1) is 5.41 Å². The summed E-state index contributed by atoms with van der Waals surface area (Å²) < 4.78 is 5.31. The molecule has 0 atom stereocenters. The van der Waals surface area contributed by atoms with Gasteiger partial charge in [0.25, 0.3) is 0 Å². The maximum Gasteiger partial charge on any atom is 0.414 e. The van der Waals surface area contributed by atoms with Gasteiger partial charge in [0.2, 0.25) is 5.91 Å². The summed E-state index contributed by atoms with van der Waals surface area (Å²) in [6, 6.07) is 7.96. The van der Waals surface area contributed by atoms with E-state index in [4.69, 9.17) is 4.74 Å². The first-order chi connectivity index (χ1) is 10.9. The number of cyclic esters (lactones) is 1. The summed E-state index contributed by atoms with van der Waals surface area (Å²) in [5, 5.41) is 0. The van der Waals surface area contributed by atoms with Crippen LogP contribution in [0.2, 0.25) is 0 Å². The summed E-state index contributed by atoms with van der Waals surface area (Å²) in [5.74, 6) is 0.178. The zero-order chi connectivity index (χ0) is 16.6. The molecule has 2 aliphatic rings. The Balaban J connectivity index is 1.73. The number of carbonyl (C=O) groups excluding carboxylic acids is 2. The predicted octanol–water partition coefficient (Wildman–Crippen LogP) is 3.18. The first-order valence-electron chi connectivity index (χ1n) is 8.21. The number of benzene rings is 1. The van der Waals surface area contributed by atoms with Gasteiger partial charge in [0.1, 0.15) is 6.61 Å². The third kappa shape index (κ3) is 3.05. The zero-order valence-electron chi connectivity index (χ0n) is 14.0. The number of amides is 2. The second kappa shape index (κ2) is 5.87. The van der Waals surface area contributed by atoms with E-state index in [0.717, 1.165) is 24.1 Å². The Kier molecular flexibility index (Phi) is 4.04. The van der Waals surface area contributed by atoms with Gasteiger partial charge in [-0.25, -0.2) is 4.79 Å². The number of piperidine rings is 1. The van der Waals surface area contributed by atoms with Gasteiger partial charge >= 0.3 is 6.09 Å². The van der Waals surface area contributed by atoms with E-state index in [9.17, 15) is 9.59 Å². The molecule has 1 aromatic rings. The molecule has 1 aromatic carbocycles. The Morgan fingerprint density at radius 3 is 2.48 bits per heavy atom. The smallest absolute Gasteiger partial charge is 0.414 e. The average molecular weight is 316 g/mol. The Morgan fingerprint density at radius 2 is 1.83 bits per heavy atom. The third-order valence-electron chi connectivity index (χ3n) is 4.56. The molecular formula is C18H24N2O3. The minimum atomic E-state index is -0.358. The van der Waals surface area contributed by atoms with Crippen molar-refractivity contribution in [2.75, 3.05) is 18.0 Å². The number of likely N-dealkylation sites (tertiary alicyclic amines) is 1. The van der Waals surface area contributed by atoms with Crippen LogP contribution in [0.15, 0.2) is 24.3 Å². The second-order valence-corrected chi connectivity index (χ2v) is 7.33. The fraction of sp³-hybridized carbons (Fsp3) is 0.556. The van der Waals surface area contributed by atoms with Crippen molar-refractivity contribution in [3.05, 3.63) is 29.8 Å². The molecule has 0 saturated carbocycles. The monoisotopic (exact) mass is 316 g/mol. The molecule has 1 fully saturated rings. The number of anilines is 1. The number of hydrogen-bond acceptors (Lipinski definition) is 3. The van der Waals surface area contributed by atoms with Crippen molar-refractivity contribution < 1.29 is 14.3 Å². The Bertz CT molecular complexity index is 613. The standard InChI is InChI=1S/C18H24N2O3/c1-18(2,3)16(21)19-10-8-14(9-11-19)20-15-7-5-4-6-13(15)12-23-17(20)22/h4-7,14H,8-12H2,1-3H3. The normalized spacial score (nSPS) is 19.3. The van der Waals surface area contributed by atoms with Crippen molar-refractivity contribution in [3.8, 4) is 0 Å². The summed E-state index contributed by atoms with van der Waals surface area (Å²) in [5.41, 5.74) is 1.63. The average Bonchev–Trinajstić information content (AvgIpc) is 2.53.